The summed E-state index contributed by atoms with van der Waals surface area (Å²) in [5.74, 6) is 1.23. The second kappa shape index (κ2) is 3.04. The molecule has 0 aromatic carbocycles. The van der Waals surface area contributed by atoms with Crippen molar-refractivity contribution in [2.75, 3.05) is 0 Å². The molecule has 0 radical (unpaired) electrons. The Bertz CT molecular complexity index is 119. The van der Waals surface area contributed by atoms with Gasteiger partial charge in [0, 0.05) is 6.04 Å². The van der Waals surface area contributed by atoms with Crippen LogP contribution in [0.5, 0.6) is 0 Å². The van der Waals surface area contributed by atoms with Crippen LogP contribution in [0.25, 0.3) is 0 Å². The summed E-state index contributed by atoms with van der Waals surface area (Å²) in [5.41, 5.74) is 4.65. The lowest BCUT2D eigenvalue weighted by Crippen LogP contribution is -1.91. The van der Waals surface area contributed by atoms with Crippen LogP contribution in [0.2, 0.25) is 0 Å². The molecule has 0 aliphatic carbocycles. The Kier molecular flexibility index (Phi) is 2.53. The average molecular weight is 99.1 g/mol. The predicted molar refractivity (Wildman–Crippen MR) is 24.2 cm³/mol. The minimum Gasteiger partial charge on any atom is -0.481 e. The summed E-state index contributed by atoms with van der Waals surface area (Å²) in [5, 5.41) is 7.89. The van der Waals surface area contributed by atoms with Gasteiger partial charge in [0.2, 0.25) is 0 Å². The minimum absolute atomic E-state index is 0.170. The van der Waals surface area contributed by atoms with E-state index in [0.717, 1.165) is 0 Å². The van der Waals surface area contributed by atoms with Crippen molar-refractivity contribution in [1.82, 2.24) is 0 Å². The maximum Gasteiger partial charge on any atom is 0.315 e. The van der Waals surface area contributed by atoms with Gasteiger partial charge in [-0.1, -0.05) is 5.92 Å². The fraction of sp³-hybridized carbons (Fsp3) is 0.250. The number of carboxylic acid groups (broad SMARTS) is 1. The summed E-state index contributed by atoms with van der Waals surface area (Å²) in [4.78, 5) is 9.60. The summed E-state index contributed by atoms with van der Waals surface area (Å²) in [6, 6.07) is 1.97. The smallest absolute Gasteiger partial charge is 0.315 e. The van der Waals surface area contributed by atoms with E-state index in [1.54, 1.807) is 0 Å². The molecule has 3 N–H and O–H groups in total. The zero-order valence-electron chi connectivity index (χ0n) is 3.64. The zero-order chi connectivity index (χ0) is 5.70. The van der Waals surface area contributed by atoms with Crippen LogP contribution in [0.3, 0.4) is 0 Å². The molecule has 3 nitrogen and oxygen atoms in total. The average Bonchev–Trinajstić information content (AvgIpc) is 1.61. The number of hydrogen-bond donors (Lipinski definition) is 2. The van der Waals surface area contributed by atoms with E-state index < -0.39 is 5.97 Å². The van der Waals surface area contributed by atoms with Crippen molar-refractivity contribution < 1.29 is 9.90 Å². The molecule has 0 spiro atoms. The van der Waals surface area contributed by atoms with Crippen molar-refractivity contribution in [3.63, 3.8) is 0 Å². The molecule has 0 rings (SSSR count). The maximum atomic E-state index is 9.60. The molecule has 0 aromatic rings. The van der Waals surface area contributed by atoms with Crippen molar-refractivity contribution >= 4 is 5.97 Å². The molecule has 7 heavy (non-hydrogen) atoms. The molecule has 0 unspecified atom stereocenters. The first-order chi connectivity index (χ1) is 3.27. The number of rotatable bonds is 1. The van der Waals surface area contributed by atoms with E-state index >= 15 is 0 Å². The van der Waals surface area contributed by atoms with Gasteiger partial charge >= 0.3 is 5.97 Å². The van der Waals surface area contributed by atoms with Gasteiger partial charge < -0.3 is 10.8 Å². The van der Waals surface area contributed by atoms with Crippen LogP contribution in [0.4, 0.5) is 0 Å². The molecule has 0 fully saturated rings. The van der Waals surface area contributed by atoms with Crippen LogP contribution in [-0.4, -0.2) is 11.1 Å². The number of carbonyl (C=O) groups is 1. The topological polar surface area (TPSA) is 63.3 Å². The van der Waals surface area contributed by atoms with E-state index in [-0.39, 0.29) is 6.42 Å². The van der Waals surface area contributed by atoms with E-state index in [9.17, 15) is 4.79 Å². The molecule has 0 saturated carbocycles. The van der Waals surface area contributed by atoms with Crippen LogP contribution in [0.15, 0.2) is 0 Å². The second-order valence-corrected chi connectivity index (χ2v) is 0.892. The van der Waals surface area contributed by atoms with Gasteiger partial charge in [0.1, 0.15) is 6.42 Å². The predicted octanol–water partition coefficient (Wildman–Crippen LogP) is -0.619. The van der Waals surface area contributed by atoms with Gasteiger partial charge in [-0.25, -0.2) is 0 Å². The highest BCUT2D eigenvalue weighted by Crippen LogP contribution is 1.69. The third kappa shape index (κ3) is 4.83. The van der Waals surface area contributed by atoms with Crippen molar-refractivity contribution in [3.8, 4) is 12.0 Å². The number of carboxylic acids is 1. The van der Waals surface area contributed by atoms with E-state index in [4.69, 9.17) is 5.11 Å². The van der Waals surface area contributed by atoms with E-state index in [0.29, 0.717) is 0 Å². The van der Waals surface area contributed by atoms with Crippen LogP contribution < -0.4 is 5.73 Å². The lowest BCUT2D eigenvalue weighted by atomic mass is 10.5. The fourth-order valence-corrected chi connectivity index (χ4v) is 0.127. The summed E-state index contributed by atoms with van der Waals surface area (Å²) >= 11 is 0. The monoisotopic (exact) mass is 99.0 g/mol. The quantitative estimate of drug-likeness (QED) is 0.340. The van der Waals surface area contributed by atoms with Gasteiger partial charge in [0.05, 0.1) is 0 Å². The molecular formula is C4H5NO2. The van der Waals surface area contributed by atoms with Crippen molar-refractivity contribution in [2.24, 2.45) is 5.73 Å². The third-order valence-electron chi connectivity index (χ3n) is 0.342. The number of aliphatic carboxylic acids is 1. The molecule has 3 heteroatoms. The highest BCUT2D eigenvalue weighted by molar-refractivity contribution is 5.69. The number of nitrogens with two attached hydrogens (primary N) is 1. The minimum atomic E-state index is -0.946. The third-order valence-corrected chi connectivity index (χ3v) is 0.342. The highest BCUT2D eigenvalue weighted by atomic mass is 16.4. The molecule has 0 aliphatic rings. The highest BCUT2D eigenvalue weighted by Gasteiger charge is 1.85. The SMILES string of the molecule is NC#CCC(=O)O. The summed E-state index contributed by atoms with van der Waals surface area (Å²) in [6.07, 6.45) is -0.170. The second-order valence-electron chi connectivity index (χ2n) is 0.892. The summed E-state index contributed by atoms with van der Waals surface area (Å²) in [7, 11) is 0. The van der Waals surface area contributed by atoms with Crippen molar-refractivity contribution in [2.45, 2.75) is 6.42 Å². The molecule has 0 atom stereocenters. The van der Waals surface area contributed by atoms with Crippen molar-refractivity contribution in [1.29, 1.82) is 0 Å². The lowest BCUT2D eigenvalue weighted by Gasteiger charge is -1.73. The largest absolute Gasteiger partial charge is 0.481 e. The van der Waals surface area contributed by atoms with E-state index in [1.165, 1.54) is 0 Å². The molecule has 0 amide bonds. The number of hydrogen-bond acceptors (Lipinski definition) is 2. The maximum absolute atomic E-state index is 9.60. The molecular weight excluding hydrogens is 94.0 g/mol. The lowest BCUT2D eigenvalue weighted by molar-refractivity contribution is -0.135. The fourth-order valence-electron chi connectivity index (χ4n) is 0.127. The first kappa shape index (κ1) is 5.83. The van der Waals surface area contributed by atoms with Gasteiger partial charge in [0.15, 0.2) is 0 Å². The van der Waals surface area contributed by atoms with Gasteiger partial charge in [-0.05, 0) is 0 Å². The molecule has 0 bridgehead atoms. The van der Waals surface area contributed by atoms with Crippen LogP contribution in [0, 0.1) is 12.0 Å². The Hall–Kier alpha value is -1.17. The van der Waals surface area contributed by atoms with Crippen LogP contribution >= 0.6 is 0 Å². The van der Waals surface area contributed by atoms with E-state index in [1.807, 2.05) is 6.04 Å². The Morgan fingerprint density at radius 3 is 2.57 bits per heavy atom. The molecule has 0 heterocycles. The normalized spacial score (nSPS) is 6.29. The first-order valence-electron chi connectivity index (χ1n) is 1.67. The Labute approximate surface area is 41.1 Å². The van der Waals surface area contributed by atoms with Crippen molar-refractivity contribution in [3.05, 3.63) is 0 Å². The van der Waals surface area contributed by atoms with Gasteiger partial charge in [-0.2, -0.15) is 0 Å². The van der Waals surface area contributed by atoms with Crippen LogP contribution in [0.1, 0.15) is 6.42 Å². The Morgan fingerprint density at radius 2 is 2.43 bits per heavy atom. The first-order valence-corrected chi connectivity index (χ1v) is 1.67. The van der Waals surface area contributed by atoms with Gasteiger partial charge in [-0.3, -0.25) is 4.79 Å². The van der Waals surface area contributed by atoms with E-state index in [2.05, 4.69) is 11.7 Å². The summed E-state index contributed by atoms with van der Waals surface area (Å²) in [6.45, 7) is 0. The molecule has 0 aromatic heterocycles. The summed E-state index contributed by atoms with van der Waals surface area (Å²) < 4.78 is 0. The van der Waals surface area contributed by atoms with Gasteiger partial charge in [-0.15, -0.1) is 0 Å². The molecule has 0 saturated heterocycles. The Balaban J connectivity index is 3.26. The molecule has 38 valence electrons. The zero-order valence-corrected chi connectivity index (χ0v) is 3.64. The molecule has 0 aliphatic heterocycles. The standard InChI is InChI=1S/C4H5NO2/c5-3-1-2-4(6)7/h2,5H2,(H,6,7). The van der Waals surface area contributed by atoms with Gasteiger partial charge in [0.25, 0.3) is 0 Å². The van der Waals surface area contributed by atoms with Crippen LogP contribution in [-0.2, 0) is 4.79 Å². The Morgan fingerprint density at radius 1 is 1.86 bits per heavy atom.